The predicted molar refractivity (Wildman–Crippen MR) is 147 cm³/mol. The number of nitrogens with zero attached hydrogens (tertiary/aromatic N) is 6. The predicted octanol–water partition coefficient (Wildman–Crippen LogP) is 5.53. The van der Waals surface area contributed by atoms with Crippen LogP contribution in [-0.2, 0) is 24.5 Å². The molecule has 0 atom stereocenters. The van der Waals surface area contributed by atoms with Crippen molar-refractivity contribution in [2.75, 3.05) is 12.9 Å². The number of nitrogens with one attached hydrogen (secondary N) is 1. The summed E-state index contributed by atoms with van der Waals surface area (Å²) in [5.74, 6) is -1.68. The number of halogens is 6. The number of hydrogen-bond donors (Lipinski definition) is 1. The van der Waals surface area contributed by atoms with Crippen LogP contribution in [0.4, 0.5) is 26.3 Å². The van der Waals surface area contributed by atoms with Crippen LogP contribution in [0.25, 0.3) is 0 Å². The molecule has 0 saturated carbocycles. The Balaban J connectivity index is 1.34. The Morgan fingerprint density at radius 3 is 2.52 bits per heavy atom. The number of aromatic nitrogens is 5. The summed E-state index contributed by atoms with van der Waals surface area (Å²) in [5, 5.41) is 15.8. The molecule has 0 unspecified atom stereocenters. The molecule has 10 nitrogen and oxygen atoms in total. The molecule has 17 heteroatoms. The Bertz CT molecular complexity index is 1630. The van der Waals surface area contributed by atoms with Crippen LogP contribution in [0, 0.1) is 11.6 Å². The van der Waals surface area contributed by atoms with E-state index >= 15 is 0 Å². The Kier molecular flexibility index (Phi) is 10.9. The van der Waals surface area contributed by atoms with E-state index in [9.17, 15) is 31.1 Å². The van der Waals surface area contributed by atoms with Crippen molar-refractivity contribution in [1.82, 2.24) is 30.0 Å². The van der Waals surface area contributed by atoms with Gasteiger partial charge in [-0.25, -0.2) is 31.8 Å². The maximum Gasteiger partial charge on any atom is 0.282 e. The standard InChI is InChI=1S/C27H25F6N7O3S/c1-3-39-23(12-40-20(26(32)33)10-19(38-40)25(30)31)35-37-27(39)44-14-24(41)36-34-11-15-4-6-21(42-2)16(8-15)13-43-22-7-5-17(28)9-18(22)29/h4-11,25-26H,3,12-14H2,1-2H3,(H,36,41). The molecular formula is C27H25F6N7O3S. The number of hydrogen-bond acceptors (Lipinski definition) is 8. The summed E-state index contributed by atoms with van der Waals surface area (Å²) in [4.78, 5) is 12.4. The van der Waals surface area contributed by atoms with Gasteiger partial charge in [-0.15, -0.1) is 10.2 Å². The number of ether oxygens (including phenoxy) is 2. The van der Waals surface area contributed by atoms with E-state index in [1.807, 2.05) is 0 Å². The average Bonchev–Trinajstić information content (AvgIpc) is 3.60. The molecule has 1 amide bonds. The van der Waals surface area contributed by atoms with Gasteiger partial charge in [-0.2, -0.15) is 10.2 Å². The first-order chi connectivity index (χ1) is 21.1. The molecule has 4 aromatic rings. The third-order valence-electron chi connectivity index (χ3n) is 5.99. The van der Waals surface area contributed by atoms with Gasteiger partial charge in [0.15, 0.2) is 22.5 Å². The number of rotatable bonds is 14. The fraction of sp³-hybridized carbons (Fsp3) is 0.296. The lowest BCUT2D eigenvalue weighted by molar-refractivity contribution is -0.118. The highest BCUT2D eigenvalue weighted by Gasteiger charge is 2.23. The smallest absolute Gasteiger partial charge is 0.282 e. The Morgan fingerprint density at radius 1 is 1.07 bits per heavy atom. The molecule has 0 bridgehead atoms. The SMILES string of the molecule is CCn1c(Cn2nc(C(F)F)cc2C(F)F)nnc1SCC(=O)NN=Cc1ccc(OC)c(COc2ccc(F)cc2F)c1. The topological polar surface area (TPSA) is 108 Å². The lowest BCUT2D eigenvalue weighted by atomic mass is 10.1. The third kappa shape index (κ3) is 8.09. The molecule has 0 spiro atoms. The molecule has 0 aliphatic heterocycles. The van der Waals surface area contributed by atoms with Gasteiger partial charge in [0, 0.05) is 18.2 Å². The number of benzene rings is 2. The van der Waals surface area contributed by atoms with E-state index in [1.165, 1.54) is 19.4 Å². The van der Waals surface area contributed by atoms with E-state index < -0.39 is 41.8 Å². The first-order valence-corrected chi connectivity index (χ1v) is 13.8. The molecular weight excluding hydrogens is 616 g/mol. The Hall–Kier alpha value is -4.54. The number of alkyl halides is 4. The molecule has 4 rings (SSSR count). The number of amides is 1. The zero-order valence-electron chi connectivity index (χ0n) is 23.2. The van der Waals surface area contributed by atoms with Gasteiger partial charge in [0.1, 0.15) is 36.1 Å². The van der Waals surface area contributed by atoms with Crippen molar-refractivity contribution in [1.29, 1.82) is 0 Å². The zero-order valence-corrected chi connectivity index (χ0v) is 24.0. The van der Waals surface area contributed by atoms with Crippen LogP contribution in [-0.4, -0.2) is 49.5 Å². The second-order valence-electron chi connectivity index (χ2n) is 8.91. The highest BCUT2D eigenvalue weighted by Crippen LogP contribution is 2.27. The summed E-state index contributed by atoms with van der Waals surface area (Å²) in [7, 11) is 1.45. The summed E-state index contributed by atoms with van der Waals surface area (Å²) in [6.07, 6.45) is -4.66. The van der Waals surface area contributed by atoms with Gasteiger partial charge >= 0.3 is 0 Å². The van der Waals surface area contributed by atoms with Crippen LogP contribution < -0.4 is 14.9 Å². The molecule has 2 aromatic heterocycles. The minimum Gasteiger partial charge on any atom is -0.496 e. The van der Waals surface area contributed by atoms with E-state index in [1.54, 1.807) is 29.7 Å². The van der Waals surface area contributed by atoms with E-state index in [4.69, 9.17) is 9.47 Å². The molecule has 2 aromatic carbocycles. The Labute approximate surface area is 251 Å². The van der Waals surface area contributed by atoms with E-state index in [-0.39, 0.29) is 30.5 Å². The minimum atomic E-state index is -3.02. The molecule has 0 radical (unpaired) electrons. The third-order valence-corrected chi connectivity index (χ3v) is 6.96. The van der Waals surface area contributed by atoms with Gasteiger partial charge < -0.3 is 14.0 Å². The highest BCUT2D eigenvalue weighted by molar-refractivity contribution is 7.99. The van der Waals surface area contributed by atoms with Crippen LogP contribution in [0.15, 0.2) is 52.7 Å². The second kappa shape index (κ2) is 14.8. The van der Waals surface area contributed by atoms with Crippen molar-refractivity contribution in [3.63, 3.8) is 0 Å². The molecule has 0 fully saturated rings. The largest absolute Gasteiger partial charge is 0.496 e. The van der Waals surface area contributed by atoms with Crippen molar-refractivity contribution in [2.24, 2.45) is 5.10 Å². The molecule has 2 heterocycles. The maximum absolute atomic E-state index is 13.9. The molecule has 44 heavy (non-hydrogen) atoms. The first-order valence-electron chi connectivity index (χ1n) is 12.8. The molecule has 1 N–H and O–H groups in total. The molecule has 234 valence electrons. The highest BCUT2D eigenvalue weighted by atomic mass is 32.2. The molecule has 0 aliphatic rings. The van der Waals surface area contributed by atoms with Gasteiger partial charge in [0.2, 0.25) is 0 Å². The van der Waals surface area contributed by atoms with Gasteiger partial charge in [0.05, 0.1) is 19.1 Å². The average molecular weight is 642 g/mol. The van der Waals surface area contributed by atoms with Crippen molar-refractivity contribution >= 4 is 23.9 Å². The zero-order chi connectivity index (χ0) is 31.8. The monoisotopic (exact) mass is 641 g/mol. The van der Waals surface area contributed by atoms with Crippen LogP contribution >= 0.6 is 11.8 Å². The number of methoxy groups -OCH3 is 1. The van der Waals surface area contributed by atoms with Gasteiger partial charge in [-0.05, 0) is 48.9 Å². The summed E-state index contributed by atoms with van der Waals surface area (Å²) in [6.45, 7) is 1.65. The van der Waals surface area contributed by atoms with Gasteiger partial charge in [0.25, 0.3) is 18.8 Å². The van der Waals surface area contributed by atoms with Gasteiger partial charge in [-0.3, -0.25) is 9.48 Å². The van der Waals surface area contributed by atoms with Crippen molar-refractivity contribution < 1.29 is 40.6 Å². The molecule has 0 saturated heterocycles. The Morgan fingerprint density at radius 2 is 1.84 bits per heavy atom. The van der Waals surface area contributed by atoms with Crippen LogP contribution in [0.5, 0.6) is 11.5 Å². The first kappa shape index (κ1) is 32.4. The minimum absolute atomic E-state index is 0.0896. The number of carbonyl (C=O) groups excluding carboxylic acids is 1. The lowest BCUT2D eigenvalue weighted by Gasteiger charge is -2.11. The van der Waals surface area contributed by atoms with Crippen molar-refractivity contribution in [2.45, 2.75) is 44.6 Å². The summed E-state index contributed by atoms with van der Waals surface area (Å²) in [6, 6.07) is 8.56. The van der Waals surface area contributed by atoms with Crippen LogP contribution in [0.2, 0.25) is 0 Å². The van der Waals surface area contributed by atoms with Gasteiger partial charge in [-0.1, -0.05) is 11.8 Å². The summed E-state index contributed by atoms with van der Waals surface area (Å²) in [5.41, 5.74) is 2.03. The van der Waals surface area contributed by atoms with Crippen LogP contribution in [0.1, 0.15) is 48.1 Å². The van der Waals surface area contributed by atoms with Crippen LogP contribution in [0.3, 0.4) is 0 Å². The van der Waals surface area contributed by atoms with E-state index in [0.717, 1.165) is 22.5 Å². The van der Waals surface area contributed by atoms with E-state index in [0.29, 0.717) is 40.7 Å². The summed E-state index contributed by atoms with van der Waals surface area (Å²) < 4.78 is 92.8. The second-order valence-corrected chi connectivity index (χ2v) is 9.86. The van der Waals surface area contributed by atoms with Crippen molar-refractivity contribution in [3.8, 4) is 11.5 Å². The fourth-order valence-corrected chi connectivity index (χ4v) is 4.75. The number of hydrazone groups is 1. The number of carbonyl (C=O) groups is 1. The fourth-order valence-electron chi connectivity index (χ4n) is 3.94. The maximum atomic E-state index is 13.9. The normalized spacial score (nSPS) is 11.6. The quantitative estimate of drug-likeness (QED) is 0.0836. The summed E-state index contributed by atoms with van der Waals surface area (Å²) >= 11 is 1.01. The van der Waals surface area contributed by atoms with E-state index in [2.05, 4.69) is 25.8 Å². The number of thioether (sulfide) groups is 1. The molecule has 0 aliphatic carbocycles. The van der Waals surface area contributed by atoms with Crippen molar-refractivity contribution in [3.05, 3.63) is 82.4 Å². The lowest BCUT2D eigenvalue weighted by Crippen LogP contribution is -2.20.